The Balaban J connectivity index is 1.85. The molecular weight excluding hydrogens is 313 g/mol. The van der Waals surface area contributed by atoms with E-state index in [1.54, 1.807) is 18.2 Å². The van der Waals surface area contributed by atoms with Crippen LogP contribution >= 0.6 is 23.2 Å². The van der Waals surface area contributed by atoms with Crippen LogP contribution in [0.2, 0.25) is 10.2 Å². The number of amides is 2. The average molecular weight is 322 g/mol. The summed E-state index contributed by atoms with van der Waals surface area (Å²) in [6.07, 6.45) is 1.65. The van der Waals surface area contributed by atoms with E-state index in [1.165, 1.54) is 12.3 Å². The smallest absolute Gasteiger partial charge is 0.257 e. The molecule has 0 aliphatic carbocycles. The zero-order valence-electron chi connectivity index (χ0n) is 10.6. The van der Waals surface area contributed by atoms with E-state index < -0.39 is 0 Å². The van der Waals surface area contributed by atoms with Crippen molar-refractivity contribution in [2.24, 2.45) is 0 Å². The van der Waals surface area contributed by atoms with Crippen LogP contribution < -0.4 is 10.6 Å². The summed E-state index contributed by atoms with van der Waals surface area (Å²) in [5, 5.41) is 6.06. The number of aromatic nitrogens is 1. The van der Waals surface area contributed by atoms with Gasteiger partial charge in [-0.3, -0.25) is 9.59 Å². The van der Waals surface area contributed by atoms with E-state index in [4.69, 9.17) is 23.2 Å². The van der Waals surface area contributed by atoms with E-state index in [0.29, 0.717) is 27.1 Å². The second kappa shape index (κ2) is 5.35. The van der Waals surface area contributed by atoms with E-state index in [-0.39, 0.29) is 18.2 Å². The maximum Gasteiger partial charge on any atom is 0.257 e. The van der Waals surface area contributed by atoms with Crippen LogP contribution in [0.4, 0.5) is 11.4 Å². The van der Waals surface area contributed by atoms with Crippen LogP contribution in [0.15, 0.2) is 30.5 Å². The molecule has 2 heterocycles. The number of benzene rings is 1. The lowest BCUT2D eigenvalue weighted by atomic mass is 10.1. The third-order valence-electron chi connectivity index (χ3n) is 3.06. The molecule has 3 rings (SSSR count). The minimum Gasteiger partial charge on any atom is -0.325 e. The summed E-state index contributed by atoms with van der Waals surface area (Å²) in [5.41, 5.74) is 2.29. The highest BCUT2D eigenvalue weighted by Crippen LogP contribution is 2.33. The lowest BCUT2D eigenvalue weighted by Crippen LogP contribution is -2.12. The van der Waals surface area contributed by atoms with Crippen LogP contribution in [0.3, 0.4) is 0 Å². The molecule has 1 aromatic carbocycles. The van der Waals surface area contributed by atoms with Crippen LogP contribution in [-0.4, -0.2) is 16.8 Å². The van der Waals surface area contributed by atoms with Gasteiger partial charge in [0.15, 0.2) is 0 Å². The van der Waals surface area contributed by atoms with Crippen LogP contribution in [0, 0.1) is 0 Å². The van der Waals surface area contributed by atoms with E-state index in [2.05, 4.69) is 15.6 Å². The molecule has 1 aliphatic rings. The van der Waals surface area contributed by atoms with Crippen LogP contribution in [0.25, 0.3) is 0 Å². The number of pyridine rings is 1. The number of nitrogens with zero attached hydrogens (tertiary/aromatic N) is 1. The summed E-state index contributed by atoms with van der Waals surface area (Å²) < 4.78 is 0. The molecule has 0 saturated heterocycles. The predicted octanol–water partition coefficient (Wildman–Crippen LogP) is 3.14. The Hall–Kier alpha value is -2.11. The fourth-order valence-electron chi connectivity index (χ4n) is 2.05. The Morgan fingerprint density at radius 2 is 2.10 bits per heavy atom. The molecule has 0 spiro atoms. The average Bonchev–Trinajstić information content (AvgIpc) is 2.79. The molecule has 0 radical (unpaired) electrons. The van der Waals surface area contributed by atoms with Crippen molar-refractivity contribution in [3.63, 3.8) is 0 Å². The quantitative estimate of drug-likeness (QED) is 0.835. The van der Waals surface area contributed by atoms with Crippen LogP contribution in [-0.2, 0) is 11.2 Å². The fourth-order valence-corrected chi connectivity index (χ4v) is 2.37. The SMILES string of the molecule is O=C1Cc2cc(NC(=O)c3ccc(Cl)nc3)c(Cl)cc2N1. The molecule has 106 valence electrons. The van der Waals surface area contributed by atoms with Gasteiger partial charge in [0, 0.05) is 11.9 Å². The predicted molar refractivity (Wildman–Crippen MR) is 81.0 cm³/mol. The third kappa shape index (κ3) is 2.84. The summed E-state index contributed by atoms with van der Waals surface area (Å²) in [5.74, 6) is -0.440. The highest BCUT2D eigenvalue weighted by Gasteiger charge is 2.20. The normalized spacial score (nSPS) is 12.8. The number of nitrogens with one attached hydrogen (secondary N) is 2. The molecule has 2 aromatic rings. The largest absolute Gasteiger partial charge is 0.325 e. The fraction of sp³-hybridized carbons (Fsp3) is 0.0714. The monoisotopic (exact) mass is 321 g/mol. The Morgan fingerprint density at radius 3 is 2.81 bits per heavy atom. The highest BCUT2D eigenvalue weighted by molar-refractivity contribution is 6.34. The van der Waals surface area contributed by atoms with Gasteiger partial charge in [-0.15, -0.1) is 0 Å². The third-order valence-corrected chi connectivity index (χ3v) is 3.59. The minimum absolute atomic E-state index is 0.0913. The highest BCUT2D eigenvalue weighted by atomic mass is 35.5. The number of fused-ring (bicyclic) bond motifs is 1. The van der Waals surface area contributed by atoms with Crippen molar-refractivity contribution in [2.75, 3.05) is 10.6 Å². The van der Waals surface area contributed by atoms with Crippen molar-refractivity contribution >= 4 is 46.4 Å². The topological polar surface area (TPSA) is 71.1 Å². The number of hydrogen-bond acceptors (Lipinski definition) is 3. The van der Waals surface area contributed by atoms with Gasteiger partial charge in [0.1, 0.15) is 5.15 Å². The zero-order chi connectivity index (χ0) is 15.0. The van der Waals surface area contributed by atoms with Crippen molar-refractivity contribution in [1.82, 2.24) is 4.98 Å². The maximum absolute atomic E-state index is 12.1. The Kier molecular flexibility index (Phi) is 3.53. The van der Waals surface area contributed by atoms with Crippen molar-refractivity contribution < 1.29 is 9.59 Å². The summed E-state index contributed by atoms with van der Waals surface area (Å²) in [7, 11) is 0. The lowest BCUT2D eigenvalue weighted by Gasteiger charge is -2.09. The van der Waals surface area contributed by atoms with E-state index in [1.807, 2.05) is 0 Å². The number of halogens is 2. The number of anilines is 2. The van der Waals surface area contributed by atoms with E-state index >= 15 is 0 Å². The zero-order valence-corrected chi connectivity index (χ0v) is 12.1. The van der Waals surface area contributed by atoms with Gasteiger partial charge in [0.25, 0.3) is 5.91 Å². The first-order valence-electron chi connectivity index (χ1n) is 6.08. The van der Waals surface area contributed by atoms with Gasteiger partial charge < -0.3 is 10.6 Å². The van der Waals surface area contributed by atoms with Crippen molar-refractivity contribution in [2.45, 2.75) is 6.42 Å². The first-order valence-corrected chi connectivity index (χ1v) is 6.84. The van der Waals surface area contributed by atoms with E-state index in [0.717, 1.165) is 5.56 Å². The van der Waals surface area contributed by atoms with Gasteiger partial charge in [0.2, 0.25) is 5.91 Å². The standard InChI is InChI=1S/C14H9Cl2N3O2/c15-9-5-10-8(4-13(20)18-10)3-11(9)19-14(21)7-1-2-12(16)17-6-7/h1-3,5-6H,4H2,(H,18,20)(H,19,21). The number of carbonyl (C=O) groups is 2. The molecular formula is C14H9Cl2N3O2. The van der Waals surface area contributed by atoms with Gasteiger partial charge in [-0.05, 0) is 29.8 Å². The van der Waals surface area contributed by atoms with Gasteiger partial charge in [-0.2, -0.15) is 0 Å². The molecule has 0 atom stereocenters. The molecule has 2 N–H and O–H groups in total. The first kappa shape index (κ1) is 13.9. The lowest BCUT2D eigenvalue weighted by molar-refractivity contribution is -0.115. The van der Waals surface area contributed by atoms with Gasteiger partial charge in [-0.25, -0.2) is 4.98 Å². The van der Waals surface area contributed by atoms with Crippen molar-refractivity contribution in [3.8, 4) is 0 Å². The first-order chi connectivity index (χ1) is 10.0. The molecule has 0 unspecified atom stereocenters. The molecule has 0 fully saturated rings. The molecule has 21 heavy (non-hydrogen) atoms. The van der Waals surface area contributed by atoms with Crippen molar-refractivity contribution in [3.05, 3.63) is 51.8 Å². The Labute approximate surface area is 130 Å². The molecule has 1 aromatic heterocycles. The summed E-state index contributed by atoms with van der Waals surface area (Å²) >= 11 is 11.8. The van der Waals surface area contributed by atoms with Gasteiger partial charge >= 0.3 is 0 Å². The van der Waals surface area contributed by atoms with Gasteiger partial charge in [0.05, 0.1) is 22.7 Å². The molecule has 2 amide bonds. The summed E-state index contributed by atoms with van der Waals surface area (Å²) in [6.45, 7) is 0. The van der Waals surface area contributed by atoms with Crippen LogP contribution in [0.5, 0.6) is 0 Å². The molecule has 5 nitrogen and oxygen atoms in total. The number of carbonyl (C=O) groups excluding carboxylic acids is 2. The molecule has 7 heteroatoms. The number of rotatable bonds is 2. The molecule has 1 aliphatic heterocycles. The second-order valence-electron chi connectivity index (χ2n) is 4.54. The van der Waals surface area contributed by atoms with Crippen LogP contribution in [0.1, 0.15) is 15.9 Å². The van der Waals surface area contributed by atoms with E-state index in [9.17, 15) is 9.59 Å². The van der Waals surface area contributed by atoms with Crippen molar-refractivity contribution in [1.29, 1.82) is 0 Å². The Bertz CT molecular complexity index is 745. The summed E-state index contributed by atoms with van der Waals surface area (Å²) in [4.78, 5) is 27.3. The van der Waals surface area contributed by atoms with Gasteiger partial charge in [-0.1, -0.05) is 23.2 Å². The Morgan fingerprint density at radius 1 is 1.29 bits per heavy atom. The number of hydrogen-bond donors (Lipinski definition) is 2. The molecule has 0 bridgehead atoms. The molecule has 0 saturated carbocycles. The maximum atomic E-state index is 12.1. The summed E-state index contributed by atoms with van der Waals surface area (Å²) in [6, 6.07) is 6.41. The minimum atomic E-state index is -0.349. The second-order valence-corrected chi connectivity index (χ2v) is 5.33.